The lowest BCUT2D eigenvalue weighted by molar-refractivity contribution is 0.0943. The van der Waals surface area contributed by atoms with Crippen molar-refractivity contribution in [1.82, 2.24) is 14.5 Å². The Labute approximate surface area is 143 Å². The summed E-state index contributed by atoms with van der Waals surface area (Å²) in [6.45, 7) is 3.36. The summed E-state index contributed by atoms with van der Waals surface area (Å²) >= 11 is 0. The van der Waals surface area contributed by atoms with E-state index in [1.54, 1.807) is 26.0 Å². The molecule has 0 saturated heterocycles. The molecule has 2 atom stereocenters. The summed E-state index contributed by atoms with van der Waals surface area (Å²) in [5, 5.41) is 3.02. The number of hydrogen-bond acceptors (Lipinski definition) is 5. The predicted octanol–water partition coefficient (Wildman–Crippen LogP) is 0.727. The van der Waals surface area contributed by atoms with Gasteiger partial charge in [0.25, 0.3) is 5.56 Å². The number of anilines is 1. The molecule has 8 heteroatoms. The molecular weight excluding hydrogens is 327 g/mol. The van der Waals surface area contributed by atoms with Gasteiger partial charge in [-0.05, 0) is 31.5 Å². The molecule has 0 aliphatic heterocycles. The molecule has 0 unspecified atom stereocenters. The molecule has 7 nitrogen and oxygen atoms in total. The van der Waals surface area contributed by atoms with Crippen LogP contribution in [0.3, 0.4) is 0 Å². The number of aromatic nitrogens is 2. The van der Waals surface area contributed by atoms with Gasteiger partial charge in [0.05, 0.1) is 6.04 Å². The molecule has 0 aliphatic carbocycles. The quantitative estimate of drug-likeness (QED) is 0.776. The highest BCUT2D eigenvalue weighted by molar-refractivity contribution is 6.03. The lowest BCUT2D eigenvalue weighted by atomic mass is 10.0. The fourth-order valence-corrected chi connectivity index (χ4v) is 2.63. The molecule has 0 bridgehead atoms. The van der Waals surface area contributed by atoms with Crippen LogP contribution in [0.4, 0.5) is 10.2 Å². The molecule has 0 spiro atoms. The van der Waals surface area contributed by atoms with Crippen LogP contribution in [0.1, 0.15) is 35.8 Å². The van der Waals surface area contributed by atoms with E-state index in [4.69, 9.17) is 5.73 Å². The number of Topliss-reactive ketones (excluding diaryl/α,β-unsaturated/α-hetero) is 1. The summed E-state index contributed by atoms with van der Waals surface area (Å²) in [4.78, 5) is 36.8. The number of carbonyl (C=O) groups excluding carboxylic acids is 1. The third kappa shape index (κ3) is 3.53. The average Bonchev–Trinajstić information content (AvgIpc) is 2.58. The lowest BCUT2D eigenvalue weighted by Crippen LogP contribution is -2.45. The van der Waals surface area contributed by atoms with Gasteiger partial charge in [-0.3, -0.25) is 18.7 Å². The van der Waals surface area contributed by atoms with Gasteiger partial charge in [-0.1, -0.05) is 12.1 Å². The Morgan fingerprint density at radius 1 is 1.20 bits per heavy atom. The predicted molar refractivity (Wildman–Crippen MR) is 93.1 cm³/mol. The number of nitrogens with zero attached hydrogens (tertiary/aromatic N) is 2. The minimum Gasteiger partial charge on any atom is -0.384 e. The van der Waals surface area contributed by atoms with Crippen molar-refractivity contribution in [1.29, 1.82) is 0 Å². The van der Waals surface area contributed by atoms with E-state index in [0.717, 1.165) is 9.13 Å². The Bertz CT molecular complexity index is 932. The molecule has 0 aliphatic rings. The zero-order chi connectivity index (χ0) is 18.9. The molecule has 0 fully saturated rings. The van der Waals surface area contributed by atoms with Crippen molar-refractivity contribution in [3.63, 3.8) is 0 Å². The number of nitrogens with two attached hydrogens (primary N) is 1. The van der Waals surface area contributed by atoms with Gasteiger partial charge >= 0.3 is 5.69 Å². The molecular formula is C17H21FN4O3. The SMILES string of the molecule is C[C@H](N[C@@H](C)c1cccc(F)c1)C(=O)c1c(N)n(C)c(=O)n(C)c1=O. The van der Waals surface area contributed by atoms with E-state index in [0.29, 0.717) is 5.56 Å². The van der Waals surface area contributed by atoms with Gasteiger partial charge < -0.3 is 11.1 Å². The van der Waals surface area contributed by atoms with Crippen LogP contribution < -0.4 is 22.3 Å². The number of benzene rings is 1. The van der Waals surface area contributed by atoms with Crippen LogP contribution in [0.2, 0.25) is 0 Å². The van der Waals surface area contributed by atoms with Gasteiger partial charge in [0, 0.05) is 20.1 Å². The molecule has 0 radical (unpaired) electrons. The molecule has 1 heterocycles. The van der Waals surface area contributed by atoms with Crippen molar-refractivity contribution in [3.05, 3.63) is 62.0 Å². The minimum atomic E-state index is -0.759. The molecule has 1 aromatic heterocycles. The molecule has 25 heavy (non-hydrogen) atoms. The van der Waals surface area contributed by atoms with Crippen molar-refractivity contribution < 1.29 is 9.18 Å². The minimum absolute atomic E-state index is 0.176. The first-order valence-corrected chi connectivity index (χ1v) is 7.76. The van der Waals surface area contributed by atoms with Crippen LogP contribution >= 0.6 is 0 Å². The van der Waals surface area contributed by atoms with Crippen molar-refractivity contribution >= 4 is 11.6 Å². The smallest absolute Gasteiger partial charge is 0.332 e. The van der Waals surface area contributed by atoms with Gasteiger partial charge in [-0.2, -0.15) is 0 Å². The maximum Gasteiger partial charge on any atom is 0.332 e. The van der Waals surface area contributed by atoms with E-state index in [-0.39, 0.29) is 23.2 Å². The second-order valence-electron chi connectivity index (χ2n) is 6.00. The van der Waals surface area contributed by atoms with Crippen LogP contribution in [-0.4, -0.2) is 21.0 Å². The summed E-state index contributed by atoms with van der Waals surface area (Å²) in [6, 6.07) is 4.93. The molecule has 0 amide bonds. The van der Waals surface area contributed by atoms with Gasteiger partial charge in [0.1, 0.15) is 17.2 Å². The fourth-order valence-electron chi connectivity index (χ4n) is 2.63. The van der Waals surface area contributed by atoms with Gasteiger partial charge in [-0.25, -0.2) is 9.18 Å². The second-order valence-corrected chi connectivity index (χ2v) is 6.00. The number of carbonyl (C=O) groups is 1. The van der Waals surface area contributed by atoms with E-state index in [1.807, 2.05) is 0 Å². The average molecular weight is 348 g/mol. The number of ketones is 1. The van der Waals surface area contributed by atoms with Crippen molar-refractivity contribution in [2.45, 2.75) is 25.9 Å². The summed E-state index contributed by atoms with van der Waals surface area (Å²) < 4.78 is 15.2. The summed E-state index contributed by atoms with van der Waals surface area (Å²) in [5.74, 6) is -1.08. The first-order valence-electron chi connectivity index (χ1n) is 7.76. The third-order valence-electron chi connectivity index (χ3n) is 4.20. The van der Waals surface area contributed by atoms with Crippen LogP contribution in [0.25, 0.3) is 0 Å². The van der Waals surface area contributed by atoms with E-state index < -0.39 is 23.1 Å². The van der Waals surface area contributed by atoms with E-state index in [9.17, 15) is 18.8 Å². The molecule has 0 saturated carbocycles. The zero-order valence-corrected chi connectivity index (χ0v) is 14.5. The number of hydrogen-bond donors (Lipinski definition) is 2. The van der Waals surface area contributed by atoms with Gasteiger partial charge in [-0.15, -0.1) is 0 Å². The Hall–Kier alpha value is -2.74. The zero-order valence-electron chi connectivity index (χ0n) is 14.5. The van der Waals surface area contributed by atoms with Crippen molar-refractivity contribution in [3.8, 4) is 0 Å². The topological polar surface area (TPSA) is 99.1 Å². The maximum atomic E-state index is 13.3. The molecule has 134 valence electrons. The molecule has 2 aromatic rings. The molecule has 3 N–H and O–H groups in total. The third-order valence-corrected chi connectivity index (χ3v) is 4.20. The summed E-state index contributed by atoms with van der Waals surface area (Å²) in [6.07, 6.45) is 0. The normalized spacial score (nSPS) is 13.5. The Morgan fingerprint density at radius 3 is 2.44 bits per heavy atom. The van der Waals surface area contributed by atoms with Crippen LogP contribution in [0, 0.1) is 5.82 Å². The number of nitrogens with one attached hydrogen (secondary N) is 1. The number of nitrogen functional groups attached to an aromatic ring is 1. The number of halogens is 1. The summed E-state index contributed by atoms with van der Waals surface area (Å²) in [7, 11) is 2.68. The summed E-state index contributed by atoms with van der Waals surface area (Å²) in [5.41, 5.74) is 4.89. The Balaban J connectivity index is 2.32. The van der Waals surface area contributed by atoms with Crippen LogP contribution in [-0.2, 0) is 14.1 Å². The first-order chi connectivity index (χ1) is 11.6. The molecule has 2 rings (SSSR count). The highest BCUT2D eigenvalue weighted by Crippen LogP contribution is 2.15. The monoisotopic (exact) mass is 348 g/mol. The Kier molecular flexibility index (Phi) is 5.22. The highest BCUT2D eigenvalue weighted by atomic mass is 19.1. The van der Waals surface area contributed by atoms with Crippen LogP contribution in [0.5, 0.6) is 0 Å². The highest BCUT2D eigenvalue weighted by Gasteiger charge is 2.25. The lowest BCUT2D eigenvalue weighted by Gasteiger charge is -2.20. The van der Waals surface area contributed by atoms with Crippen molar-refractivity contribution in [2.24, 2.45) is 14.1 Å². The molecule has 1 aromatic carbocycles. The van der Waals surface area contributed by atoms with Crippen molar-refractivity contribution in [2.75, 3.05) is 5.73 Å². The second kappa shape index (κ2) is 7.02. The van der Waals surface area contributed by atoms with E-state index in [2.05, 4.69) is 5.32 Å². The Morgan fingerprint density at radius 2 is 1.84 bits per heavy atom. The van der Waals surface area contributed by atoms with E-state index >= 15 is 0 Å². The largest absolute Gasteiger partial charge is 0.384 e. The van der Waals surface area contributed by atoms with Crippen LogP contribution in [0.15, 0.2) is 33.9 Å². The standard InChI is InChI=1S/C17H21FN4O3/c1-9(11-6-5-7-12(18)8-11)20-10(2)14(23)13-15(19)21(3)17(25)22(4)16(13)24/h5-10,20H,19H2,1-4H3/t9-,10-/m0/s1. The van der Waals surface area contributed by atoms with E-state index in [1.165, 1.54) is 26.2 Å². The van der Waals surface area contributed by atoms with Gasteiger partial charge in [0.15, 0.2) is 5.78 Å². The number of rotatable bonds is 5. The fraction of sp³-hybridized carbons (Fsp3) is 0.353. The first kappa shape index (κ1) is 18.6. The maximum absolute atomic E-state index is 13.3. The van der Waals surface area contributed by atoms with Gasteiger partial charge in [0.2, 0.25) is 0 Å².